The van der Waals surface area contributed by atoms with E-state index in [2.05, 4.69) is 0 Å². The molecule has 0 aliphatic heterocycles. The molecule has 4 atom stereocenters. The Kier molecular flexibility index (Phi) is 3.24. The standard InChI is InChI=1S/C17H18Cl2O2/c1-2-21-13-7-11(18)10(6-12(13)19)17(20)16-14-8-3-4-9(5-8)15(14)16/h6-9,14-16H,2-5H2,1H3. The quantitative estimate of drug-likeness (QED) is 0.739. The van der Waals surface area contributed by atoms with E-state index in [0.29, 0.717) is 39.8 Å². The number of carbonyl (C=O) groups is 1. The maximum atomic E-state index is 12.8. The molecule has 4 heteroatoms. The molecule has 0 spiro atoms. The molecule has 21 heavy (non-hydrogen) atoms. The van der Waals surface area contributed by atoms with E-state index in [0.717, 1.165) is 11.8 Å². The van der Waals surface area contributed by atoms with Crippen LogP contribution < -0.4 is 4.74 Å². The Hall–Kier alpha value is -0.730. The highest BCUT2D eigenvalue weighted by Crippen LogP contribution is 2.70. The summed E-state index contributed by atoms with van der Waals surface area (Å²) in [6, 6.07) is 3.36. The number of carbonyl (C=O) groups excluding carboxylic acids is 1. The van der Waals surface area contributed by atoms with Gasteiger partial charge in [0.15, 0.2) is 5.78 Å². The zero-order chi connectivity index (χ0) is 14.7. The SMILES string of the molecule is CCOc1cc(Cl)c(C(=O)C2C3C4CCC(C4)C23)cc1Cl. The molecule has 0 radical (unpaired) electrons. The molecule has 112 valence electrons. The average molecular weight is 325 g/mol. The van der Waals surface area contributed by atoms with Crippen molar-refractivity contribution >= 4 is 29.0 Å². The van der Waals surface area contributed by atoms with Crippen LogP contribution in [0, 0.1) is 29.6 Å². The van der Waals surface area contributed by atoms with Crippen LogP contribution in [0.4, 0.5) is 0 Å². The second-order valence-electron chi connectivity index (χ2n) is 6.57. The van der Waals surface area contributed by atoms with Gasteiger partial charge in [0, 0.05) is 17.5 Å². The Morgan fingerprint density at radius 2 is 1.86 bits per heavy atom. The number of fused-ring (bicyclic) bond motifs is 5. The number of ketones is 1. The van der Waals surface area contributed by atoms with Gasteiger partial charge in [-0.2, -0.15) is 0 Å². The van der Waals surface area contributed by atoms with E-state index in [1.54, 1.807) is 12.1 Å². The first-order valence-electron chi connectivity index (χ1n) is 7.78. The van der Waals surface area contributed by atoms with Gasteiger partial charge in [-0.1, -0.05) is 23.2 Å². The Morgan fingerprint density at radius 3 is 2.48 bits per heavy atom. The Bertz CT molecular complexity index is 597. The van der Waals surface area contributed by atoms with Crippen LogP contribution in [-0.4, -0.2) is 12.4 Å². The molecule has 0 amide bonds. The van der Waals surface area contributed by atoms with Crippen LogP contribution in [0.5, 0.6) is 5.75 Å². The van der Waals surface area contributed by atoms with Crippen LogP contribution in [0.2, 0.25) is 10.0 Å². The molecule has 4 rings (SSSR count). The molecule has 4 unspecified atom stereocenters. The van der Waals surface area contributed by atoms with Gasteiger partial charge in [0.25, 0.3) is 0 Å². The van der Waals surface area contributed by atoms with Crippen molar-refractivity contribution in [2.75, 3.05) is 6.61 Å². The highest BCUT2D eigenvalue weighted by atomic mass is 35.5. The van der Waals surface area contributed by atoms with Gasteiger partial charge in [-0.05, 0) is 55.9 Å². The first-order valence-corrected chi connectivity index (χ1v) is 8.53. The maximum absolute atomic E-state index is 12.8. The van der Waals surface area contributed by atoms with Gasteiger partial charge in [-0.25, -0.2) is 0 Å². The van der Waals surface area contributed by atoms with Crippen LogP contribution >= 0.6 is 23.2 Å². The van der Waals surface area contributed by atoms with Crippen molar-refractivity contribution in [3.63, 3.8) is 0 Å². The van der Waals surface area contributed by atoms with Crippen LogP contribution in [0.3, 0.4) is 0 Å². The number of hydrogen-bond acceptors (Lipinski definition) is 2. The number of rotatable bonds is 4. The largest absolute Gasteiger partial charge is 0.492 e. The van der Waals surface area contributed by atoms with E-state index in [4.69, 9.17) is 27.9 Å². The van der Waals surface area contributed by atoms with E-state index < -0.39 is 0 Å². The van der Waals surface area contributed by atoms with Crippen molar-refractivity contribution in [2.45, 2.75) is 26.2 Å². The summed E-state index contributed by atoms with van der Waals surface area (Å²) in [4.78, 5) is 12.8. The summed E-state index contributed by atoms with van der Waals surface area (Å²) in [5, 5.41) is 0.934. The molecule has 0 aromatic heterocycles. The predicted octanol–water partition coefficient (Wildman–Crippen LogP) is 4.87. The van der Waals surface area contributed by atoms with E-state index in [-0.39, 0.29) is 11.7 Å². The van der Waals surface area contributed by atoms with Gasteiger partial charge < -0.3 is 4.74 Å². The summed E-state index contributed by atoms with van der Waals surface area (Å²) in [6.07, 6.45) is 3.97. The number of halogens is 2. The van der Waals surface area contributed by atoms with Crippen LogP contribution in [0.15, 0.2) is 12.1 Å². The normalized spacial score (nSPS) is 35.7. The number of hydrogen-bond donors (Lipinski definition) is 0. The molecule has 3 fully saturated rings. The lowest BCUT2D eigenvalue weighted by Gasteiger charge is -2.12. The molecular weight excluding hydrogens is 307 g/mol. The molecule has 2 bridgehead atoms. The zero-order valence-corrected chi connectivity index (χ0v) is 13.5. The van der Waals surface area contributed by atoms with Crippen molar-refractivity contribution in [3.8, 4) is 5.75 Å². The summed E-state index contributed by atoms with van der Waals surface area (Å²) in [5.74, 6) is 3.75. The predicted molar refractivity (Wildman–Crippen MR) is 83.3 cm³/mol. The van der Waals surface area contributed by atoms with Gasteiger partial charge >= 0.3 is 0 Å². The van der Waals surface area contributed by atoms with Gasteiger partial charge in [0.1, 0.15) is 5.75 Å². The number of ether oxygens (including phenoxy) is 1. The van der Waals surface area contributed by atoms with Gasteiger partial charge in [-0.3, -0.25) is 4.79 Å². The summed E-state index contributed by atoms with van der Waals surface area (Å²) in [5.41, 5.74) is 0.573. The summed E-state index contributed by atoms with van der Waals surface area (Å²) < 4.78 is 5.42. The third kappa shape index (κ3) is 2.03. The van der Waals surface area contributed by atoms with E-state index in [1.807, 2.05) is 6.92 Å². The van der Waals surface area contributed by atoms with Crippen LogP contribution in [-0.2, 0) is 0 Å². The van der Waals surface area contributed by atoms with Crippen molar-refractivity contribution in [1.82, 2.24) is 0 Å². The molecular formula is C17H18Cl2O2. The minimum absolute atomic E-state index is 0.191. The van der Waals surface area contributed by atoms with Crippen molar-refractivity contribution in [2.24, 2.45) is 29.6 Å². The molecule has 1 aromatic rings. The monoisotopic (exact) mass is 324 g/mol. The molecule has 0 heterocycles. The van der Waals surface area contributed by atoms with Crippen molar-refractivity contribution in [3.05, 3.63) is 27.7 Å². The maximum Gasteiger partial charge on any atom is 0.168 e. The van der Waals surface area contributed by atoms with Crippen molar-refractivity contribution < 1.29 is 9.53 Å². The Balaban J connectivity index is 1.60. The fourth-order valence-electron chi connectivity index (χ4n) is 4.84. The lowest BCUT2D eigenvalue weighted by Crippen LogP contribution is -2.11. The lowest BCUT2D eigenvalue weighted by molar-refractivity contribution is 0.0944. The topological polar surface area (TPSA) is 26.3 Å². The van der Waals surface area contributed by atoms with E-state index >= 15 is 0 Å². The molecule has 0 saturated heterocycles. The van der Waals surface area contributed by atoms with Crippen LogP contribution in [0.25, 0.3) is 0 Å². The average Bonchev–Trinajstić information content (AvgIpc) is 2.89. The Morgan fingerprint density at radius 1 is 1.19 bits per heavy atom. The number of benzene rings is 1. The lowest BCUT2D eigenvalue weighted by atomic mass is 9.96. The highest BCUT2D eigenvalue weighted by molar-refractivity contribution is 6.37. The second-order valence-corrected chi connectivity index (χ2v) is 7.39. The van der Waals surface area contributed by atoms with Crippen molar-refractivity contribution in [1.29, 1.82) is 0 Å². The first kappa shape index (κ1) is 13.9. The summed E-state index contributed by atoms with van der Waals surface area (Å²) >= 11 is 12.5. The van der Waals surface area contributed by atoms with Gasteiger partial charge in [0.2, 0.25) is 0 Å². The van der Waals surface area contributed by atoms with Crippen LogP contribution in [0.1, 0.15) is 36.5 Å². The first-order chi connectivity index (χ1) is 10.1. The fourth-order valence-corrected chi connectivity index (χ4v) is 5.30. The Labute approximate surface area is 134 Å². The second kappa shape index (κ2) is 4.89. The molecule has 3 aliphatic rings. The summed E-state index contributed by atoms with van der Waals surface area (Å²) in [6.45, 7) is 2.42. The molecule has 3 aliphatic carbocycles. The number of Topliss-reactive ketones (excluding diaryl/α,β-unsaturated/α-hetero) is 1. The molecule has 2 nitrogen and oxygen atoms in total. The molecule has 0 N–H and O–H groups in total. The minimum atomic E-state index is 0.191. The smallest absolute Gasteiger partial charge is 0.168 e. The third-order valence-corrected chi connectivity index (χ3v) is 6.23. The van der Waals surface area contributed by atoms with Gasteiger partial charge in [0.05, 0.1) is 16.7 Å². The van der Waals surface area contributed by atoms with E-state index in [9.17, 15) is 4.79 Å². The van der Waals surface area contributed by atoms with Gasteiger partial charge in [-0.15, -0.1) is 0 Å². The molecule has 1 aromatic carbocycles. The summed E-state index contributed by atoms with van der Waals surface area (Å²) in [7, 11) is 0. The minimum Gasteiger partial charge on any atom is -0.492 e. The fraction of sp³-hybridized carbons (Fsp3) is 0.588. The van der Waals surface area contributed by atoms with E-state index in [1.165, 1.54) is 19.3 Å². The molecule has 3 saturated carbocycles. The zero-order valence-electron chi connectivity index (χ0n) is 11.9. The highest BCUT2D eigenvalue weighted by Gasteiger charge is 2.67. The third-order valence-electron chi connectivity index (χ3n) is 5.62.